The van der Waals surface area contributed by atoms with Crippen LogP contribution in [0.5, 0.6) is 5.75 Å². The van der Waals surface area contributed by atoms with E-state index in [0.29, 0.717) is 12.1 Å². The van der Waals surface area contributed by atoms with Crippen LogP contribution >= 0.6 is 0 Å². The van der Waals surface area contributed by atoms with E-state index in [1.165, 1.54) is 22.4 Å². The van der Waals surface area contributed by atoms with Crippen molar-refractivity contribution in [2.75, 3.05) is 25.5 Å². The smallest absolute Gasteiger partial charge is 0.120 e. The molecule has 4 nitrogen and oxygen atoms in total. The molecule has 0 aliphatic carbocycles. The van der Waals surface area contributed by atoms with Crippen molar-refractivity contribution < 1.29 is 4.74 Å². The Balaban J connectivity index is 1.63. The van der Waals surface area contributed by atoms with Gasteiger partial charge in [-0.25, -0.2) is 0 Å². The van der Waals surface area contributed by atoms with E-state index in [-0.39, 0.29) is 5.41 Å². The van der Waals surface area contributed by atoms with Crippen molar-refractivity contribution in [2.24, 2.45) is 0 Å². The molecule has 0 aromatic heterocycles. The van der Waals surface area contributed by atoms with Crippen LogP contribution in [0, 0.1) is 0 Å². The quantitative estimate of drug-likeness (QED) is 0.852. The normalized spacial score (nSPS) is 23.9. The van der Waals surface area contributed by atoms with Crippen molar-refractivity contribution >= 4 is 11.4 Å². The number of fused-ring (bicyclic) bond motifs is 2. The molecule has 2 unspecified atom stereocenters. The first-order valence-electron chi connectivity index (χ1n) is 9.94. The number of benzene rings is 2. The molecule has 2 aliphatic heterocycles. The van der Waals surface area contributed by atoms with Crippen molar-refractivity contribution in [1.29, 1.82) is 0 Å². The molecule has 2 atom stereocenters. The molecule has 0 amide bonds. The van der Waals surface area contributed by atoms with E-state index >= 15 is 0 Å². The standard InChI is InChI=1S/C23H31N3O/c1-15-12-26(13-16(2)24-15)14-17-6-9-21-20(10-17)23(3,4)19-8-7-18(27-5)11-22(19)25-21/h6-11,15-16,24-25H,12-14H2,1-5H3. The van der Waals surface area contributed by atoms with E-state index in [1.54, 1.807) is 7.11 Å². The third kappa shape index (κ3) is 3.44. The second-order valence-electron chi connectivity index (χ2n) is 8.70. The van der Waals surface area contributed by atoms with Crippen molar-refractivity contribution in [3.8, 4) is 5.75 Å². The monoisotopic (exact) mass is 365 g/mol. The van der Waals surface area contributed by atoms with Crippen LogP contribution in [0.3, 0.4) is 0 Å². The maximum atomic E-state index is 5.41. The van der Waals surface area contributed by atoms with Crippen molar-refractivity contribution in [3.63, 3.8) is 0 Å². The molecule has 0 radical (unpaired) electrons. The minimum atomic E-state index is -0.0394. The number of ether oxygens (including phenoxy) is 1. The van der Waals surface area contributed by atoms with E-state index in [2.05, 4.69) is 79.6 Å². The molecule has 0 bridgehead atoms. The molecule has 1 saturated heterocycles. The van der Waals surface area contributed by atoms with Crippen LogP contribution in [0.1, 0.15) is 44.4 Å². The highest BCUT2D eigenvalue weighted by molar-refractivity contribution is 5.76. The lowest BCUT2D eigenvalue weighted by Crippen LogP contribution is -2.53. The predicted octanol–water partition coefficient (Wildman–Crippen LogP) is 4.26. The highest BCUT2D eigenvalue weighted by Crippen LogP contribution is 2.46. The number of piperazine rings is 1. The topological polar surface area (TPSA) is 36.5 Å². The van der Waals surface area contributed by atoms with Crippen LogP contribution in [-0.4, -0.2) is 37.2 Å². The molecule has 2 heterocycles. The molecule has 0 saturated carbocycles. The van der Waals surface area contributed by atoms with E-state index < -0.39 is 0 Å². The Labute approximate surface area is 162 Å². The zero-order valence-electron chi connectivity index (χ0n) is 17.1. The summed E-state index contributed by atoms with van der Waals surface area (Å²) in [5, 5.41) is 7.23. The van der Waals surface area contributed by atoms with Gasteiger partial charge in [0.05, 0.1) is 7.11 Å². The van der Waals surface area contributed by atoms with Gasteiger partial charge in [-0.1, -0.05) is 32.0 Å². The van der Waals surface area contributed by atoms with Gasteiger partial charge in [0, 0.05) is 54.6 Å². The summed E-state index contributed by atoms with van der Waals surface area (Å²) < 4.78 is 5.41. The van der Waals surface area contributed by atoms with Crippen molar-refractivity contribution in [1.82, 2.24) is 10.2 Å². The number of hydrogen-bond donors (Lipinski definition) is 2. The lowest BCUT2D eigenvalue weighted by molar-refractivity contribution is 0.166. The summed E-state index contributed by atoms with van der Waals surface area (Å²) in [7, 11) is 1.72. The lowest BCUT2D eigenvalue weighted by atomic mass is 9.74. The molecular weight excluding hydrogens is 334 g/mol. The summed E-state index contributed by atoms with van der Waals surface area (Å²) in [4.78, 5) is 2.57. The van der Waals surface area contributed by atoms with Gasteiger partial charge in [-0.2, -0.15) is 0 Å². The summed E-state index contributed by atoms with van der Waals surface area (Å²) in [5.41, 5.74) is 6.38. The van der Waals surface area contributed by atoms with Crippen molar-refractivity contribution in [2.45, 2.75) is 51.7 Å². The van der Waals surface area contributed by atoms with Crippen LogP contribution in [-0.2, 0) is 12.0 Å². The van der Waals surface area contributed by atoms with E-state index in [4.69, 9.17) is 4.74 Å². The molecule has 2 aromatic rings. The summed E-state index contributed by atoms with van der Waals surface area (Å²) in [6.45, 7) is 12.4. The largest absolute Gasteiger partial charge is 0.497 e. The third-order valence-electron chi connectivity index (χ3n) is 5.97. The van der Waals surface area contributed by atoms with Gasteiger partial charge < -0.3 is 15.4 Å². The molecule has 4 heteroatoms. The third-order valence-corrected chi connectivity index (χ3v) is 5.97. The van der Waals surface area contributed by atoms with Gasteiger partial charge in [-0.3, -0.25) is 4.90 Å². The van der Waals surface area contributed by atoms with E-state index in [0.717, 1.165) is 31.1 Å². The summed E-state index contributed by atoms with van der Waals surface area (Å²) in [5.74, 6) is 0.888. The van der Waals surface area contributed by atoms with Gasteiger partial charge in [0.15, 0.2) is 0 Å². The maximum absolute atomic E-state index is 5.41. The minimum Gasteiger partial charge on any atom is -0.497 e. The average Bonchev–Trinajstić information content (AvgIpc) is 2.61. The first-order valence-corrected chi connectivity index (χ1v) is 9.94. The lowest BCUT2D eigenvalue weighted by Gasteiger charge is -2.38. The van der Waals surface area contributed by atoms with Gasteiger partial charge in [-0.15, -0.1) is 0 Å². The Kier molecular flexibility index (Phi) is 4.65. The minimum absolute atomic E-state index is 0.0394. The fraction of sp³-hybridized carbons (Fsp3) is 0.478. The van der Waals surface area contributed by atoms with Gasteiger partial charge in [0.1, 0.15) is 5.75 Å². The van der Waals surface area contributed by atoms with E-state index in [1.807, 2.05) is 0 Å². The molecular formula is C23H31N3O. The maximum Gasteiger partial charge on any atom is 0.120 e. The molecule has 144 valence electrons. The Morgan fingerprint density at radius 2 is 1.74 bits per heavy atom. The number of methoxy groups -OCH3 is 1. The second-order valence-corrected chi connectivity index (χ2v) is 8.70. The fourth-order valence-corrected chi connectivity index (χ4v) is 4.73. The van der Waals surface area contributed by atoms with Crippen LogP contribution in [0.4, 0.5) is 11.4 Å². The number of nitrogens with one attached hydrogen (secondary N) is 2. The zero-order chi connectivity index (χ0) is 19.2. The number of nitrogens with zero attached hydrogens (tertiary/aromatic N) is 1. The van der Waals surface area contributed by atoms with Crippen LogP contribution < -0.4 is 15.4 Å². The summed E-state index contributed by atoms with van der Waals surface area (Å²) >= 11 is 0. The SMILES string of the molecule is COc1ccc2c(c1)Nc1ccc(CN3CC(C)NC(C)C3)cc1C2(C)C. The number of rotatable bonds is 3. The summed E-state index contributed by atoms with van der Waals surface area (Å²) in [6.07, 6.45) is 0. The van der Waals surface area contributed by atoms with Crippen LogP contribution in [0.2, 0.25) is 0 Å². The average molecular weight is 366 g/mol. The highest BCUT2D eigenvalue weighted by Gasteiger charge is 2.33. The highest BCUT2D eigenvalue weighted by atomic mass is 16.5. The number of anilines is 2. The fourth-order valence-electron chi connectivity index (χ4n) is 4.73. The van der Waals surface area contributed by atoms with E-state index in [9.17, 15) is 0 Å². The molecule has 27 heavy (non-hydrogen) atoms. The molecule has 1 fully saturated rings. The first kappa shape index (κ1) is 18.3. The number of hydrogen-bond acceptors (Lipinski definition) is 4. The molecule has 2 aliphatic rings. The molecule has 0 spiro atoms. The first-order chi connectivity index (χ1) is 12.9. The van der Waals surface area contributed by atoms with Crippen LogP contribution in [0.15, 0.2) is 36.4 Å². The van der Waals surface area contributed by atoms with Crippen LogP contribution in [0.25, 0.3) is 0 Å². The van der Waals surface area contributed by atoms with Gasteiger partial charge in [-0.05, 0) is 42.7 Å². The Morgan fingerprint density at radius 3 is 2.44 bits per heavy atom. The Bertz CT molecular complexity index is 836. The molecule has 4 rings (SSSR count). The molecule has 2 N–H and O–H groups in total. The molecule has 2 aromatic carbocycles. The summed E-state index contributed by atoms with van der Waals surface area (Å²) in [6, 6.07) is 14.3. The van der Waals surface area contributed by atoms with Crippen molar-refractivity contribution in [3.05, 3.63) is 53.1 Å². The van der Waals surface area contributed by atoms with Gasteiger partial charge in [0.2, 0.25) is 0 Å². The Morgan fingerprint density at radius 1 is 1.00 bits per heavy atom. The second kappa shape index (κ2) is 6.84. The van der Waals surface area contributed by atoms with Gasteiger partial charge in [0.25, 0.3) is 0 Å². The predicted molar refractivity (Wildman–Crippen MR) is 112 cm³/mol. The Hall–Kier alpha value is -2.04. The zero-order valence-corrected chi connectivity index (χ0v) is 17.1. The van der Waals surface area contributed by atoms with Gasteiger partial charge >= 0.3 is 0 Å².